The molecule has 1 heterocycles. The van der Waals surface area contributed by atoms with Crippen LogP contribution in [0.25, 0.3) is 0 Å². The fraction of sp³-hybridized carbons (Fsp3) is 0.0952. The van der Waals surface area contributed by atoms with Crippen LogP contribution in [0, 0.1) is 6.92 Å². The number of allylic oxidation sites excluding steroid dienone is 1. The normalized spacial score (nSPS) is 10.3. The summed E-state index contributed by atoms with van der Waals surface area (Å²) in [6.45, 7) is 5.74. The lowest BCUT2D eigenvalue weighted by Crippen LogP contribution is -2.05. The largest absolute Gasteiger partial charge is 0.458 e. The van der Waals surface area contributed by atoms with Crippen LogP contribution in [0.4, 0.5) is 17.1 Å². The molecule has 1 aromatic heterocycles. The average molecular weight is 332 g/mol. The molecule has 4 nitrogen and oxygen atoms in total. The Morgan fingerprint density at radius 2 is 1.56 bits per heavy atom. The number of nitrogens with one attached hydrogen (secondary N) is 2. The molecule has 126 valence electrons. The minimum absolute atomic E-state index is 0.0898. The van der Waals surface area contributed by atoms with Crippen molar-refractivity contribution in [3.8, 4) is 0 Å². The molecule has 0 radical (unpaired) electrons. The molecule has 25 heavy (non-hydrogen) atoms. The first kappa shape index (κ1) is 16.6. The SMILES string of the molecule is C=C(CC(=O)c1ccc(C)o1)Nc1ccc(Nc2ccccc2)cc1. The van der Waals surface area contributed by atoms with Gasteiger partial charge in [-0.05, 0) is 55.5 Å². The number of carbonyl (C=O) groups excluding carboxylic acids is 1. The van der Waals surface area contributed by atoms with Gasteiger partial charge in [0.05, 0.1) is 6.42 Å². The molecule has 3 rings (SSSR count). The molecule has 0 saturated carbocycles. The zero-order valence-electron chi connectivity index (χ0n) is 14.1. The average Bonchev–Trinajstić information content (AvgIpc) is 3.04. The van der Waals surface area contributed by atoms with Crippen LogP contribution in [0.3, 0.4) is 0 Å². The summed E-state index contributed by atoms with van der Waals surface area (Å²) in [5.41, 5.74) is 3.53. The van der Waals surface area contributed by atoms with E-state index in [1.807, 2.05) is 61.5 Å². The Bertz CT molecular complexity index is 864. The molecular formula is C21H20N2O2. The zero-order chi connectivity index (χ0) is 17.6. The Kier molecular flexibility index (Phi) is 5.00. The molecule has 3 aromatic rings. The van der Waals surface area contributed by atoms with Gasteiger partial charge in [-0.15, -0.1) is 0 Å². The van der Waals surface area contributed by atoms with Gasteiger partial charge in [0.1, 0.15) is 5.76 Å². The van der Waals surface area contributed by atoms with E-state index >= 15 is 0 Å². The molecule has 0 amide bonds. The van der Waals surface area contributed by atoms with E-state index in [9.17, 15) is 4.79 Å². The molecule has 0 aliphatic rings. The Morgan fingerprint density at radius 1 is 0.920 bits per heavy atom. The second-order valence-corrected chi connectivity index (χ2v) is 5.81. The van der Waals surface area contributed by atoms with E-state index < -0.39 is 0 Å². The van der Waals surface area contributed by atoms with Gasteiger partial charge in [-0.3, -0.25) is 4.79 Å². The van der Waals surface area contributed by atoms with Crippen LogP contribution < -0.4 is 10.6 Å². The van der Waals surface area contributed by atoms with Crippen molar-refractivity contribution < 1.29 is 9.21 Å². The zero-order valence-corrected chi connectivity index (χ0v) is 14.1. The first-order valence-electron chi connectivity index (χ1n) is 8.07. The molecule has 2 N–H and O–H groups in total. The second-order valence-electron chi connectivity index (χ2n) is 5.81. The van der Waals surface area contributed by atoms with Gasteiger partial charge in [0.15, 0.2) is 5.76 Å². The van der Waals surface area contributed by atoms with E-state index in [1.54, 1.807) is 12.1 Å². The summed E-state index contributed by atoms with van der Waals surface area (Å²) in [5, 5.41) is 6.48. The first-order valence-corrected chi connectivity index (χ1v) is 8.07. The summed E-state index contributed by atoms with van der Waals surface area (Å²) in [5.74, 6) is 0.999. The van der Waals surface area contributed by atoms with Crippen LogP contribution in [0.5, 0.6) is 0 Å². The molecule has 0 aliphatic carbocycles. The number of furan rings is 1. The highest BCUT2D eigenvalue weighted by molar-refractivity contribution is 5.95. The van der Waals surface area contributed by atoms with Crippen molar-refractivity contribution in [1.82, 2.24) is 0 Å². The van der Waals surface area contributed by atoms with Gasteiger partial charge >= 0.3 is 0 Å². The van der Waals surface area contributed by atoms with E-state index in [1.165, 1.54) is 0 Å². The smallest absolute Gasteiger partial charge is 0.203 e. The van der Waals surface area contributed by atoms with Gasteiger partial charge in [0.2, 0.25) is 5.78 Å². The number of rotatable bonds is 7. The maximum atomic E-state index is 12.1. The third kappa shape index (κ3) is 4.61. The van der Waals surface area contributed by atoms with E-state index in [0.29, 0.717) is 11.5 Å². The number of aryl methyl sites for hydroxylation is 1. The number of carbonyl (C=O) groups is 1. The molecule has 0 spiro atoms. The van der Waals surface area contributed by atoms with Crippen molar-refractivity contribution in [3.05, 3.63) is 90.5 Å². The Morgan fingerprint density at radius 3 is 2.20 bits per heavy atom. The molecule has 0 atom stereocenters. The Labute approximate surface area is 147 Å². The van der Waals surface area contributed by atoms with Crippen molar-refractivity contribution in [2.45, 2.75) is 13.3 Å². The first-order chi connectivity index (χ1) is 12.1. The van der Waals surface area contributed by atoms with Crippen molar-refractivity contribution in [1.29, 1.82) is 0 Å². The molecule has 0 unspecified atom stereocenters. The quantitative estimate of drug-likeness (QED) is 0.559. The lowest BCUT2D eigenvalue weighted by atomic mass is 10.2. The van der Waals surface area contributed by atoms with Crippen LogP contribution in [0.2, 0.25) is 0 Å². The molecule has 4 heteroatoms. The van der Waals surface area contributed by atoms with Crippen LogP contribution in [0.15, 0.2) is 83.4 Å². The molecule has 0 saturated heterocycles. The van der Waals surface area contributed by atoms with E-state index in [2.05, 4.69) is 17.2 Å². The predicted octanol–water partition coefficient (Wildman–Crippen LogP) is 5.53. The fourth-order valence-electron chi connectivity index (χ4n) is 2.44. The summed E-state index contributed by atoms with van der Waals surface area (Å²) >= 11 is 0. The maximum absolute atomic E-state index is 12.1. The highest BCUT2D eigenvalue weighted by atomic mass is 16.3. The molecular weight excluding hydrogens is 312 g/mol. The number of Topliss-reactive ketones (excluding diaryl/α,β-unsaturated/α-hetero) is 1. The predicted molar refractivity (Wildman–Crippen MR) is 101 cm³/mol. The van der Waals surface area contributed by atoms with Gasteiger partial charge in [-0.25, -0.2) is 0 Å². The van der Waals surface area contributed by atoms with E-state index in [-0.39, 0.29) is 12.2 Å². The third-order valence-corrected chi connectivity index (χ3v) is 3.66. The number of anilines is 3. The van der Waals surface area contributed by atoms with Crippen LogP contribution in [-0.2, 0) is 0 Å². The van der Waals surface area contributed by atoms with Gasteiger partial charge in [0.25, 0.3) is 0 Å². The summed E-state index contributed by atoms with van der Waals surface area (Å²) in [4.78, 5) is 12.1. The van der Waals surface area contributed by atoms with Crippen LogP contribution >= 0.6 is 0 Å². The molecule has 0 fully saturated rings. The van der Waals surface area contributed by atoms with Crippen molar-refractivity contribution in [2.75, 3.05) is 10.6 Å². The van der Waals surface area contributed by atoms with Crippen molar-refractivity contribution in [3.63, 3.8) is 0 Å². The number of para-hydroxylation sites is 1. The minimum Gasteiger partial charge on any atom is -0.458 e. The summed E-state index contributed by atoms with van der Waals surface area (Å²) < 4.78 is 5.34. The highest BCUT2D eigenvalue weighted by Crippen LogP contribution is 2.20. The standard InChI is InChI=1S/C21H20N2O2/c1-15(14-20(24)21-13-8-16(2)25-21)22-18-9-11-19(12-10-18)23-17-6-4-3-5-7-17/h3-13,22-23H,1,14H2,2H3. The number of benzene rings is 2. The van der Waals surface area contributed by atoms with Gasteiger partial charge in [-0.1, -0.05) is 24.8 Å². The van der Waals surface area contributed by atoms with Crippen LogP contribution in [-0.4, -0.2) is 5.78 Å². The van der Waals surface area contributed by atoms with Crippen molar-refractivity contribution in [2.24, 2.45) is 0 Å². The highest BCUT2D eigenvalue weighted by Gasteiger charge is 2.11. The van der Waals surface area contributed by atoms with Gasteiger partial charge in [-0.2, -0.15) is 0 Å². The number of hydrogen-bond acceptors (Lipinski definition) is 4. The Balaban J connectivity index is 1.55. The number of ketones is 1. The topological polar surface area (TPSA) is 54.3 Å². The van der Waals surface area contributed by atoms with Gasteiger partial charge < -0.3 is 15.1 Å². The summed E-state index contributed by atoms with van der Waals surface area (Å²) in [7, 11) is 0. The van der Waals surface area contributed by atoms with E-state index in [4.69, 9.17) is 4.42 Å². The maximum Gasteiger partial charge on any atom is 0.203 e. The van der Waals surface area contributed by atoms with Crippen molar-refractivity contribution >= 4 is 22.8 Å². The third-order valence-electron chi connectivity index (χ3n) is 3.66. The molecule has 0 aliphatic heterocycles. The summed E-state index contributed by atoms with van der Waals surface area (Å²) in [6.07, 6.45) is 0.191. The Hall–Kier alpha value is -3.27. The molecule has 0 bridgehead atoms. The lowest BCUT2D eigenvalue weighted by Gasteiger charge is -2.10. The fourth-order valence-corrected chi connectivity index (χ4v) is 2.44. The van der Waals surface area contributed by atoms with E-state index in [0.717, 1.165) is 22.8 Å². The van der Waals surface area contributed by atoms with Crippen LogP contribution in [0.1, 0.15) is 22.7 Å². The minimum atomic E-state index is -0.0898. The molecule has 2 aromatic carbocycles. The number of hydrogen-bond donors (Lipinski definition) is 2. The lowest BCUT2D eigenvalue weighted by molar-refractivity contribution is 0.0965. The second kappa shape index (κ2) is 7.53. The van der Waals surface area contributed by atoms with Gasteiger partial charge in [0, 0.05) is 22.8 Å². The summed E-state index contributed by atoms with van der Waals surface area (Å²) in [6, 6.07) is 21.3. The monoisotopic (exact) mass is 332 g/mol.